The van der Waals surface area contributed by atoms with Gasteiger partial charge in [0.1, 0.15) is 16.0 Å². The molecule has 0 N–H and O–H groups in total. The Morgan fingerprint density at radius 2 is 1.95 bits per heavy atom. The van der Waals surface area contributed by atoms with Crippen LogP contribution >= 0.6 is 33.9 Å². The second-order valence-electron chi connectivity index (χ2n) is 4.10. The summed E-state index contributed by atoms with van der Waals surface area (Å²) in [5, 5.41) is 0.785. The molecule has 0 aliphatic rings. The minimum absolute atomic E-state index is 0.0391. The number of fused-ring (bicyclic) bond motifs is 1. The van der Waals surface area contributed by atoms with Crippen LogP contribution in [0.2, 0.25) is 0 Å². The molecular formula is C12H8IN3O2S2. The van der Waals surface area contributed by atoms with E-state index >= 15 is 0 Å². The minimum Gasteiger partial charge on any atom is -0.223 e. The topological polar surface area (TPSA) is 72.8 Å². The average molecular weight is 417 g/mol. The summed E-state index contributed by atoms with van der Waals surface area (Å²) >= 11 is 3.52. The van der Waals surface area contributed by atoms with Crippen LogP contribution in [0.25, 0.3) is 20.9 Å². The fourth-order valence-electron chi connectivity index (χ4n) is 1.75. The molecular weight excluding hydrogens is 409 g/mol. The van der Waals surface area contributed by atoms with Crippen molar-refractivity contribution in [2.24, 2.45) is 0 Å². The smallest absolute Gasteiger partial charge is 0.194 e. The average Bonchev–Trinajstić information content (AvgIpc) is 2.81. The van der Waals surface area contributed by atoms with E-state index in [9.17, 15) is 8.42 Å². The van der Waals surface area contributed by atoms with Gasteiger partial charge in [0.25, 0.3) is 0 Å². The number of hydrogen-bond acceptors (Lipinski definition) is 6. The predicted molar refractivity (Wildman–Crippen MR) is 86.5 cm³/mol. The molecule has 0 fully saturated rings. The lowest BCUT2D eigenvalue weighted by molar-refractivity contribution is 0.599. The zero-order valence-electron chi connectivity index (χ0n) is 10.2. The van der Waals surface area contributed by atoms with Crippen molar-refractivity contribution in [1.82, 2.24) is 15.0 Å². The standard InChI is InChI=1S/C12H8IN3O2S2/c1-20(17,18)12-9-10(14-6-15-12)16-11(19-9)7-4-2-3-5-8(7)13/h2-6H,1H3. The molecule has 0 saturated heterocycles. The molecule has 0 unspecified atom stereocenters. The van der Waals surface area contributed by atoms with Crippen LogP contribution in [0.4, 0.5) is 0 Å². The molecule has 0 spiro atoms. The number of hydrogen-bond donors (Lipinski definition) is 0. The lowest BCUT2D eigenvalue weighted by atomic mass is 10.2. The summed E-state index contributed by atoms with van der Waals surface area (Å²) in [6.45, 7) is 0. The maximum absolute atomic E-state index is 11.7. The molecule has 0 aliphatic heterocycles. The number of benzene rings is 1. The van der Waals surface area contributed by atoms with Crippen molar-refractivity contribution in [1.29, 1.82) is 0 Å². The van der Waals surface area contributed by atoms with E-state index < -0.39 is 9.84 Å². The first-order chi connectivity index (χ1) is 9.47. The zero-order chi connectivity index (χ0) is 14.3. The monoisotopic (exact) mass is 417 g/mol. The van der Waals surface area contributed by atoms with Crippen molar-refractivity contribution >= 4 is 54.1 Å². The van der Waals surface area contributed by atoms with Crippen molar-refractivity contribution in [2.45, 2.75) is 5.03 Å². The molecule has 5 nitrogen and oxygen atoms in total. The summed E-state index contributed by atoms with van der Waals surface area (Å²) in [6, 6.07) is 7.80. The third-order valence-corrected chi connectivity index (χ3v) is 5.78. The maximum Gasteiger partial charge on any atom is 0.194 e. The summed E-state index contributed by atoms with van der Waals surface area (Å²) in [5.74, 6) is 0. The Labute approximate surface area is 133 Å². The van der Waals surface area contributed by atoms with Gasteiger partial charge < -0.3 is 0 Å². The van der Waals surface area contributed by atoms with Crippen molar-refractivity contribution in [3.05, 3.63) is 34.2 Å². The molecule has 20 heavy (non-hydrogen) atoms. The van der Waals surface area contributed by atoms with Crippen LogP contribution in [0, 0.1) is 3.57 Å². The van der Waals surface area contributed by atoms with Crippen LogP contribution in [0.1, 0.15) is 0 Å². The summed E-state index contributed by atoms with van der Waals surface area (Å²) in [5.41, 5.74) is 1.38. The molecule has 1 aromatic carbocycles. The number of nitrogens with zero attached hydrogens (tertiary/aromatic N) is 3. The Bertz CT molecular complexity index is 906. The number of aromatic nitrogens is 3. The molecule has 0 saturated carbocycles. The molecule has 3 aromatic rings. The van der Waals surface area contributed by atoms with Crippen LogP contribution in [0.3, 0.4) is 0 Å². The highest BCUT2D eigenvalue weighted by atomic mass is 127. The number of halogens is 1. The van der Waals surface area contributed by atoms with Crippen LogP contribution in [0.5, 0.6) is 0 Å². The molecule has 102 valence electrons. The van der Waals surface area contributed by atoms with Crippen molar-refractivity contribution < 1.29 is 8.42 Å². The maximum atomic E-state index is 11.7. The molecule has 3 rings (SSSR count). The van der Waals surface area contributed by atoms with Gasteiger partial charge in [-0.3, -0.25) is 0 Å². The summed E-state index contributed by atoms with van der Waals surface area (Å²) in [4.78, 5) is 12.3. The Balaban J connectivity index is 2.30. The van der Waals surface area contributed by atoms with Gasteiger partial charge in [-0.2, -0.15) is 0 Å². The number of thiazole rings is 1. The number of rotatable bonds is 2. The van der Waals surface area contributed by atoms with Crippen LogP contribution in [0.15, 0.2) is 35.6 Å². The largest absolute Gasteiger partial charge is 0.223 e. The molecule has 0 aliphatic carbocycles. The van der Waals surface area contributed by atoms with Crippen LogP contribution in [-0.4, -0.2) is 29.6 Å². The van der Waals surface area contributed by atoms with Gasteiger partial charge in [-0.15, -0.1) is 11.3 Å². The minimum atomic E-state index is -3.39. The molecule has 0 bridgehead atoms. The molecule has 8 heteroatoms. The van der Waals surface area contributed by atoms with E-state index in [-0.39, 0.29) is 5.03 Å². The molecule has 0 amide bonds. The van der Waals surface area contributed by atoms with Crippen LogP contribution in [-0.2, 0) is 9.84 Å². The Kier molecular flexibility index (Phi) is 3.46. The normalized spacial score (nSPS) is 11.9. The fraction of sp³-hybridized carbons (Fsp3) is 0.0833. The van der Waals surface area contributed by atoms with Gasteiger partial charge in [-0.1, -0.05) is 18.2 Å². The summed E-state index contributed by atoms with van der Waals surface area (Å²) < 4.78 is 25.1. The molecule has 2 heterocycles. The summed E-state index contributed by atoms with van der Waals surface area (Å²) in [6.07, 6.45) is 2.37. The Hall–Kier alpha value is -1.13. The third-order valence-electron chi connectivity index (χ3n) is 2.61. The van der Waals surface area contributed by atoms with E-state index in [1.807, 2.05) is 24.3 Å². The SMILES string of the molecule is CS(=O)(=O)c1ncnc2nc(-c3ccccc3I)sc12. The number of sulfone groups is 1. The Morgan fingerprint density at radius 3 is 2.65 bits per heavy atom. The molecule has 0 radical (unpaired) electrons. The third kappa shape index (κ3) is 2.42. The first-order valence-electron chi connectivity index (χ1n) is 5.53. The van der Waals surface area contributed by atoms with Gasteiger partial charge in [-0.25, -0.2) is 23.4 Å². The van der Waals surface area contributed by atoms with Gasteiger partial charge in [-0.05, 0) is 28.7 Å². The van der Waals surface area contributed by atoms with E-state index in [0.717, 1.165) is 20.4 Å². The summed E-state index contributed by atoms with van der Waals surface area (Å²) in [7, 11) is -3.39. The van der Waals surface area contributed by atoms with Gasteiger partial charge in [0.05, 0.1) is 0 Å². The van der Waals surface area contributed by atoms with E-state index in [1.165, 1.54) is 17.7 Å². The van der Waals surface area contributed by atoms with Crippen molar-refractivity contribution in [2.75, 3.05) is 6.26 Å². The zero-order valence-corrected chi connectivity index (χ0v) is 14.0. The lowest BCUT2D eigenvalue weighted by Crippen LogP contribution is -2.00. The van der Waals surface area contributed by atoms with E-state index in [0.29, 0.717) is 10.3 Å². The predicted octanol–water partition coefficient (Wildman–Crippen LogP) is 2.76. The first kappa shape index (κ1) is 13.8. The van der Waals surface area contributed by atoms with E-state index in [4.69, 9.17) is 0 Å². The van der Waals surface area contributed by atoms with Gasteiger partial charge in [0.15, 0.2) is 20.5 Å². The first-order valence-corrected chi connectivity index (χ1v) is 9.32. The van der Waals surface area contributed by atoms with Gasteiger partial charge in [0.2, 0.25) is 0 Å². The van der Waals surface area contributed by atoms with E-state index in [1.54, 1.807) is 0 Å². The van der Waals surface area contributed by atoms with Crippen molar-refractivity contribution in [3.63, 3.8) is 0 Å². The molecule has 2 aromatic heterocycles. The van der Waals surface area contributed by atoms with Crippen LogP contribution < -0.4 is 0 Å². The van der Waals surface area contributed by atoms with Crippen molar-refractivity contribution in [3.8, 4) is 10.6 Å². The van der Waals surface area contributed by atoms with E-state index in [2.05, 4.69) is 37.5 Å². The second kappa shape index (κ2) is 5.01. The second-order valence-corrected chi connectivity index (χ2v) is 8.19. The quantitative estimate of drug-likeness (QED) is 0.474. The highest BCUT2D eigenvalue weighted by molar-refractivity contribution is 14.1. The lowest BCUT2D eigenvalue weighted by Gasteiger charge is -1.98. The highest BCUT2D eigenvalue weighted by Crippen LogP contribution is 2.34. The highest BCUT2D eigenvalue weighted by Gasteiger charge is 2.19. The van der Waals surface area contributed by atoms with Gasteiger partial charge >= 0.3 is 0 Å². The fourth-order valence-corrected chi connectivity index (χ4v) is 4.76. The van der Waals surface area contributed by atoms with Gasteiger partial charge in [0, 0.05) is 15.4 Å². The molecule has 0 atom stereocenters. The Morgan fingerprint density at radius 1 is 1.20 bits per heavy atom.